The van der Waals surface area contributed by atoms with Crippen LogP contribution >= 0.6 is 15.9 Å². The molecule has 1 fully saturated rings. The SMILES string of the molecule is O=C(NCC[S@](=O)Cc1ccccc1)[C@@H](c1cccc(Br)c1)N1CCCC1. The monoisotopic (exact) mass is 448 g/mol. The van der Waals surface area contributed by atoms with Crippen LogP contribution in [0.2, 0.25) is 0 Å². The largest absolute Gasteiger partial charge is 0.354 e. The molecular formula is C21H25BrN2O2S. The van der Waals surface area contributed by atoms with Crippen LogP contribution in [0.4, 0.5) is 0 Å². The molecule has 1 amide bonds. The van der Waals surface area contributed by atoms with Crippen LogP contribution in [0.25, 0.3) is 0 Å². The highest BCUT2D eigenvalue weighted by molar-refractivity contribution is 9.10. The van der Waals surface area contributed by atoms with E-state index in [9.17, 15) is 9.00 Å². The highest BCUT2D eigenvalue weighted by atomic mass is 79.9. The summed E-state index contributed by atoms with van der Waals surface area (Å²) < 4.78 is 13.3. The standard InChI is InChI=1S/C21H25BrN2O2S/c22-19-10-6-9-18(15-19)20(24-12-4-5-13-24)21(25)23-11-14-27(26)16-17-7-2-1-3-8-17/h1-3,6-10,15,20H,4-5,11-14,16H2,(H,23,25)/t20-,27+/m1/s1. The molecule has 0 aliphatic carbocycles. The Balaban J connectivity index is 1.57. The number of likely N-dealkylation sites (tertiary alicyclic amines) is 1. The van der Waals surface area contributed by atoms with Crippen LogP contribution in [0.3, 0.4) is 0 Å². The van der Waals surface area contributed by atoms with Gasteiger partial charge < -0.3 is 5.32 Å². The smallest absolute Gasteiger partial charge is 0.241 e. The molecule has 1 saturated heterocycles. The van der Waals surface area contributed by atoms with Crippen LogP contribution in [-0.2, 0) is 21.3 Å². The average molecular weight is 449 g/mol. The third kappa shape index (κ3) is 5.99. The van der Waals surface area contributed by atoms with E-state index < -0.39 is 10.8 Å². The molecule has 0 spiro atoms. The Morgan fingerprint density at radius 1 is 1.11 bits per heavy atom. The molecule has 27 heavy (non-hydrogen) atoms. The van der Waals surface area contributed by atoms with E-state index in [0.717, 1.165) is 41.5 Å². The topological polar surface area (TPSA) is 49.4 Å². The first kappa shape index (κ1) is 20.2. The molecule has 0 unspecified atom stereocenters. The Hall–Kier alpha value is -1.50. The molecule has 1 heterocycles. The lowest BCUT2D eigenvalue weighted by Crippen LogP contribution is -2.40. The number of carbonyl (C=O) groups excluding carboxylic acids is 1. The van der Waals surface area contributed by atoms with Crippen molar-refractivity contribution in [2.24, 2.45) is 0 Å². The lowest BCUT2D eigenvalue weighted by Gasteiger charge is -2.27. The summed E-state index contributed by atoms with van der Waals surface area (Å²) in [5, 5.41) is 3.01. The first-order valence-corrected chi connectivity index (χ1v) is 11.6. The molecule has 6 heteroatoms. The Bertz CT molecular complexity index is 779. The maximum atomic E-state index is 12.9. The second kappa shape index (κ2) is 10.2. The summed E-state index contributed by atoms with van der Waals surface area (Å²) in [5.74, 6) is 0.982. The number of carbonyl (C=O) groups is 1. The normalized spacial score (nSPS) is 16.8. The maximum Gasteiger partial charge on any atom is 0.241 e. The lowest BCUT2D eigenvalue weighted by molar-refractivity contribution is -0.126. The Kier molecular flexibility index (Phi) is 7.61. The first-order valence-electron chi connectivity index (χ1n) is 9.29. The third-order valence-electron chi connectivity index (χ3n) is 4.72. The minimum atomic E-state index is -0.987. The fourth-order valence-corrected chi connectivity index (χ4v) is 4.88. The van der Waals surface area contributed by atoms with E-state index in [1.807, 2.05) is 54.6 Å². The van der Waals surface area contributed by atoms with Gasteiger partial charge in [-0.1, -0.05) is 58.4 Å². The van der Waals surface area contributed by atoms with Crippen molar-refractivity contribution < 1.29 is 9.00 Å². The molecule has 1 aliphatic heterocycles. The number of halogens is 1. The maximum absolute atomic E-state index is 12.9. The van der Waals surface area contributed by atoms with Crippen LogP contribution in [0, 0.1) is 0 Å². The van der Waals surface area contributed by atoms with Gasteiger partial charge in [-0.2, -0.15) is 0 Å². The van der Waals surface area contributed by atoms with Crippen LogP contribution in [0.15, 0.2) is 59.1 Å². The fourth-order valence-electron chi connectivity index (χ4n) is 3.42. The number of hydrogen-bond acceptors (Lipinski definition) is 3. The van der Waals surface area contributed by atoms with Crippen molar-refractivity contribution in [1.29, 1.82) is 0 Å². The fraction of sp³-hybridized carbons (Fsp3) is 0.381. The molecule has 0 bridgehead atoms. The Morgan fingerprint density at radius 2 is 1.85 bits per heavy atom. The van der Waals surface area contributed by atoms with Crippen molar-refractivity contribution in [3.8, 4) is 0 Å². The van der Waals surface area contributed by atoms with E-state index in [-0.39, 0.29) is 11.9 Å². The zero-order valence-electron chi connectivity index (χ0n) is 15.3. The molecule has 144 valence electrons. The summed E-state index contributed by atoms with van der Waals surface area (Å²) in [6.07, 6.45) is 2.25. The molecule has 2 aromatic carbocycles. The van der Waals surface area contributed by atoms with Gasteiger partial charge in [0.25, 0.3) is 0 Å². The van der Waals surface area contributed by atoms with Gasteiger partial charge in [-0.25, -0.2) is 0 Å². The predicted octanol–water partition coefficient (Wildman–Crippen LogP) is 3.65. The molecule has 0 saturated carbocycles. The van der Waals surface area contributed by atoms with Gasteiger partial charge in [0.05, 0.1) is 0 Å². The predicted molar refractivity (Wildman–Crippen MR) is 114 cm³/mol. The summed E-state index contributed by atoms with van der Waals surface area (Å²) in [6, 6.07) is 17.5. The molecule has 2 aromatic rings. The molecule has 0 radical (unpaired) electrons. The van der Waals surface area contributed by atoms with E-state index >= 15 is 0 Å². The first-order chi connectivity index (χ1) is 13.1. The van der Waals surface area contributed by atoms with Gasteiger partial charge in [-0.05, 0) is 49.2 Å². The average Bonchev–Trinajstić information content (AvgIpc) is 3.17. The van der Waals surface area contributed by atoms with E-state index in [1.54, 1.807) is 0 Å². The van der Waals surface area contributed by atoms with Crippen molar-refractivity contribution >= 4 is 32.6 Å². The molecule has 2 atom stereocenters. The summed E-state index contributed by atoms with van der Waals surface area (Å²) in [5.41, 5.74) is 2.06. The van der Waals surface area contributed by atoms with Crippen molar-refractivity contribution in [2.75, 3.05) is 25.4 Å². The summed E-state index contributed by atoms with van der Waals surface area (Å²) in [7, 11) is -0.987. The van der Waals surface area contributed by atoms with E-state index in [0.29, 0.717) is 18.1 Å². The minimum Gasteiger partial charge on any atom is -0.354 e. The number of nitrogens with one attached hydrogen (secondary N) is 1. The van der Waals surface area contributed by atoms with Gasteiger partial charge in [-0.15, -0.1) is 0 Å². The highest BCUT2D eigenvalue weighted by Crippen LogP contribution is 2.27. The van der Waals surface area contributed by atoms with Gasteiger partial charge >= 0.3 is 0 Å². The van der Waals surface area contributed by atoms with Gasteiger partial charge in [-0.3, -0.25) is 13.9 Å². The minimum absolute atomic E-state index is 0.00767. The van der Waals surface area contributed by atoms with Crippen molar-refractivity contribution in [2.45, 2.75) is 24.6 Å². The molecule has 1 aliphatic rings. The Morgan fingerprint density at radius 3 is 2.56 bits per heavy atom. The van der Waals surface area contributed by atoms with Crippen molar-refractivity contribution in [1.82, 2.24) is 10.2 Å². The number of hydrogen-bond donors (Lipinski definition) is 1. The van der Waals surface area contributed by atoms with Crippen LogP contribution in [-0.4, -0.2) is 40.4 Å². The van der Waals surface area contributed by atoms with Crippen LogP contribution in [0.1, 0.15) is 30.0 Å². The zero-order valence-corrected chi connectivity index (χ0v) is 17.7. The number of benzene rings is 2. The van der Waals surface area contributed by atoms with E-state index in [4.69, 9.17) is 0 Å². The van der Waals surface area contributed by atoms with Gasteiger partial charge in [0.15, 0.2) is 0 Å². The van der Waals surface area contributed by atoms with Crippen LogP contribution in [0.5, 0.6) is 0 Å². The number of rotatable bonds is 8. The van der Waals surface area contributed by atoms with Gasteiger partial charge in [0, 0.05) is 33.3 Å². The van der Waals surface area contributed by atoms with Gasteiger partial charge in [0.2, 0.25) is 5.91 Å². The van der Waals surface area contributed by atoms with Crippen molar-refractivity contribution in [3.63, 3.8) is 0 Å². The molecule has 1 N–H and O–H groups in total. The van der Waals surface area contributed by atoms with E-state index in [1.165, 1.54) is 0 Å². The van der Waals surface area contributed by atoms with E-state index in [2.05, 4.69) is 26.1 Å². The second-order valence-electron chi connectivity index (χ2n) is 6.77. The molecule has 0 aromatic heterocycles. The van der Waals surface area contributed by atoms with Gasteiger partial charge in [0.1, 0.15) is 6.04 Å². The summed E-state index contributed by atoms with van der Waals surface area (Å²) >= 11 is 3.50. The third-order valence-corrected chi connectivity index (χ3v) is 6.53. The zero-order chi connectivity index (χ0) is 19.1. The lowest BCUT2D eigenvalue weighted by atomic mass is 10.0. The number of amides is 1. The molecular weight excluding hydrogens is 424 g/mol. The second-order valence-corrected chi connectivity index (χ2v) is 9.26. The Labute approximate surface area is 171 Å². The summed E-state index contributed by atoms with van der Waals surface area (Å²) in [4.78, 5) is 15.1. The van der Waals surface area contributed by atoms with Crippen LogP contribution < -0.4 is 5.32 Å². The number of nitrogens with zero attached hydrogens (tertiary/aromatic N) is 1. The molecule has 4 nitrogen and oxygen atoms in total. The highest BCUT2D eigenvalue weighted by Gasteiger charge is 2.29. The quantitative estimate of drug-likeness (QED) is 0.670. The van der Waals surface area contributed by atoms with Crippen molar-refractivity contribution in [3.05, 3.63) is 70.2 Å². The molecule has 3 rings (SSSR count). The summed E-state index contributed by atoms with van der Waals surface area (Å²) in [6.45, 7) is 2.30.